The van der Waals surface area contributed by atoms with E-state index in [4.69, 9.17) is 4.52 Å². The van der Waals surface area contributed by atoms with E-state index >= 15 is 0 Å². The number of allylic oxidation sites excluding steroid dienone is 2. The largest absolute Gasteiger partial charge is 0.338 e. The molecule has 0 spiro atoms. The SMILES string of the molecule is CC1=C(c2ccccc2)[C@H]1c1nc(-c2cccnn2)no1. The number of rotatable bonds is 3. The van der Waals surface area contributed by atoms with Crippen molar-refractivity contribution in [2.45, 2.75) is 12.8 Å². The molecule has 0 amide bonds. The molecule has 0 saturated heterocycles. The van der Waals surface area contributed by atoms with Crippen LogP contribution in [0, 0.1) is 0 Å². The molecule has 0 unspecified atom stereocenters. The first-order valence-electron chi connectivity index (χ1n) is 6.72. The van der Waals surface area contributed by atoms with E-state index in [-0.39, 0.29) is 5.92 Å². The minimum atomic E-state index is 0.130. The van der Waals surface area contributed by atoms with Crippen LogP contribution in [-0.4, -0.2) is 20.3 Å². The topological polar surface area (TPSA) is 64.7 Å². The molecule has 21 heavy (non-hydrogen) atoms. The van der Waals surface area contributed by atoms with Crippen LogP contribution in [0.5, 0.6) is 0 Å². The molecule has 2 aromatic heterocycles. The van der Waals surface area contributed by atoms with Gasteiger partial charge in [-0.2, -0.15) is 10.1 Å². The van der Waals surface area contributed by atoms with Crippen molar-refractivity contribution in [2.24, 2.45) is 0 Å². The van der Waals surface area contributed by atoms with E-state index in [1.54, 1.807) is 12.3 Å². The number of aromatic nitrogens is 4. The summed E-state index contributed by atoms with van der Waals surface area (Å²) in [6, 6.07) is 13.9. The molecular weight excluding hydrogens is 264 g/mol. The minimum absolute atomic E-state index is 0.130. The van der Waals surface area contributed by atoms with E-state index in [1.807, 2.05) is 24.3 Å². The van der Waals surface area contributed by atoms with Crippen molar-refractivity contribution < 1.29 is 4.52 Å². The molecule has 102 valence electrons. The van der Waals surface area contributed by atoms with E-state index in [9.17, 15) is 0 Å². The van der Waals surface area contributed by atoms with Crippen molar-refractivity contribution in [3.05, 3.63) is 65.7 Å². The molecule has 5 nitrogen and oxygen atoms in total. The molecule has 1 atom stereocenters. The zero-order valence-electron chi connectivity index (χ0n) is 11.4. The molecule has 2 heterocycles. The molecule has 1 aliphatic rings. The van der Waals surface area contributed by atoms with Gasteiger partial charge >= 0.3 is 0 Å². The van der Waals surface area contributed by atoms with Crippen molar-refractivity contribution >= 4 is 5.57 Å². The average Bonchev–Trinajstić information content (AvgIpc) is 2.99. The van der Waals surface area contributed by atoms with Crippen LogP contribution in [0.3, 0.4) is 0 Å². The van der Waals surface area contributed by atoms with Crippen LogP contribution in [0.15, 0.2) is 58.8 Å². The highest BCUT2D eigenvalue weighted by Crippen LogP contribution is 2.53. The van der Waals surface area contributed by atoms with Gasteiger partial charge in [0.1, 0.15) is 5.69 Å². The highest BCUT2D eigenvalue weighted by Gasteiger charge is 2.39. The van der Waals surface area contributed by atoms with Crippen LogP contribution < -0.4 is 0 Å². The van der Waals surface area contributed by atoms with Gasteiger partial charge in [-0.05, 0) is 30.2 Å². The zero-order chi connectivity index (χ0) is 14.2. The van der Waals surface area contributed by atoms with Crippen LogP contribution in [0.1, 0.15) is 24.3 Å². The van der Waals surface area contributed by atoms with Crippen molar-refractivity contribution in [3.8, 4) is 11.5 Å². The van der Waals surface area contributed by atoms with Gasteiger partial charge in [0.05, 0.1) is 5.92 Å². The van der Waals surface area contributed by atoms with Gasteiger partial charge in [0, 0.05) is 6.20 Å². The maximum Gasteiger partial charge on any atom is 0.238 e. The Morgan fingerprint density at radius 1 is 1.05 bits per heavy atom. The fourth-order valence-electron chi connectivity index (χ4n) is 2.53. The van der Waals surface area contributed by atoms with E-state index < -0.39 is 0 Å². The first kappa shape index (κ1) is 12.0. The Bertz CT molecular complexity index is 809. The lowest BCUT2D eigenvalue weighted by molar-refractivity contribution is 0.383. The van der Waals surface area contributed by atoms with Crippen molar-refractivity contribution in [2.75, 3.05) is 0 Å². The lowest BCUT2D eigenvalue weighted by Crippen LogP contribution is -1.89. The minimum Gasteiger partial charge on any atom is -0.338 e. The molecule has 4 rings (SSSR count). The fraction of sp³-hybridized carbons (Fsp3) is 0.125. The summed E-state index contributed by atoms with van der Waals surface area (Å²) in [6.07, 6.45) is 1.62. The quantitative estimate of drug-likeness (QED) is 0.735. The van der Waals surface area contributed by atoms with Crippen LogP contribution in [0.25, 0.3) is 17.1 Å². The molecule has 3 aromatic rings. The Morgan fingerprint density at radius 2 is 1.90 bits per heavy atom. The number of hydrogen-bond donors (Lipinski definition) is 0. The van der Waals surface area contributed by atoms with E-state index in [0.29, 0.717) is 17.4 Å². The standard InChI is InChI=1S/C16H12N4O/c1-10-13(11-6-3-2-4-7-11)14(10)16-18-15(20-21-16)12-8-5-9-17-19-12/h2-9,14H,1H3/t14-/m0/s1. The van der Waals surface area contributed by atoms with Crippen LogP contribution in [0.4, 0.5) is 0 Å². The smallest absolute Gasteiger partial charge is 0.238 e. The first-order chi connectivity index (χ1) is 10.3. The van der Waals surface area contributed by atoms with Gasteiger partial charge in [0.15, 0.2) is 0 Å². The Hall–Kier alpha value is -2.82. The third-order valence-electron chi connectivity index (χ3n) is 3.64. The summed E-state index contributed by atoms with van der Waals surface area (Å²) in [7, 11) is 0. The molecule has 1 aliphatic carbocycles. The number of benzene rings is 1. The molecule has 0 saturated carbocycles. The second-order valence-corrected chi connectivity index (χ2v) is 4.96. The van der Waals surface area contributed by atoms with Gasteiger partial charge in [-0.1, -0.05) is 41.1 Å². The van der Waals surface area contributed by atoms with E-state index in [2.05, 4.69) is 39.4 Å². The maximum absolute atomic E-state index is 5.39. The molecule has 0 fully saturated rings. The van der Waals surface area contributed by atoms with Crippen molar-refractivity contribution in [3.63, 3.8) is 0 Å². The highest BCUT2D eigenvalue weighted by atomic mass is 16.5. The predicted octanol–water partition coefficient (Wildman–Crippen LogP) is 3.10. The Labute approximate surface area is 121 Å². The summed E-state index contributed by atoms with van der Waals surface area (Å²) in [5.74, 6) is 1.22. The van der Waals surface area contributed by atoms with Crippen LogP contribution >= 0.6 is 0 Å². The second kappa shape index (κ2) is 4.63. The summed E-state index contributed by atoms with van der Waals surface area (Å²) >= 11 is 0. The van der Waals surface area contributed by atoms with Gasteiger partial charge < -0.3 is 4.52 Å². The fourth-order valence-corrected chi connectivity index (χ4v) is 2.53. The normalized spacial score (nSPS) is 17.1. The van der Waals surface area contributed by atoms with Gasteiger partial charge in [0.25, 0.3) is 0 Å². The van der Waals surface area contributed by atoms with E-state index in [0.717, 1.165) is 0 Å². The van der Waals surface area contributed by atoms with Gasteiger partial charge in [0.2, 0.25) is 11.7 Å². The second-order valence-electron chi connectivity index (χ2n) is 4.96. The number of hydrogen-bond acceptors (Lipinski definition) is 5. The van der Waals surface area contributed by atoms with Gasteiger partial charge in [-0.25, -0.2) is 0 Å². The molecule has 0 aliphatic heterocycles. The molecule has 1 aromatic carbocycles. The summed E-state index contributed by atoms with van der Waals surface area (Å²) in [5, 5.41) is 11.8. The predicted molar refractivity (Wildman–Crippen MR) is 77.1 cm³/mol. The number of nitrogens with zero attached hydrogens (tertiary/aromatic N) is 4. The molecule has 0 N–H and O–H groups in total. The first-order valence-corrected chi connectivity index (χ1v) is 6.72. The third kappa shape index (κ3) is 2.03. The lowest BCUT2D eigenvalue weighted by Gasteiger charge is -1.95. The molecule has 0 radical (unpaired) electrons. The summed E-state index contributed by atoms with van der Waals surface area (Å²) in [4.78, 5) is 4.45. The lowest BCUT2D eigenvalue weighted by atomic mass is 10.1. The monoisotopic (exact) mass is 276 g/mol. The summed E-state index contributed by atoms with van der Waals surface area (Å²) in [5.41, 5.74) is 4.37. The van der Waals surface area contributed by atoms with Crippen LogP contribution in [-0.2, 0) is 0 Å². The third-order valence-corrected chi connectivity index (χ3v) is 3.64. The molecular formula is C16H12N4O. The molecule has 5 heteroatoms. The van der Waals surface area contributed by atoms with Crippen LogP contribution in [0.2, 0.25) is 0 Å². The van der Waals surface area contributed by atoms with Gasteiger partial charge in [-0.3, -0.25) is 0 Å². The maximum atomic E-state index is 5.39. The zero-order valence-corrected chi connectivity index (χ0v) is 11.4. The molecule has 0 bridgehead atoms. The summed E-state index contributed by atoms with van der Waals surface area (Å²) < 4.78 is 5.39. The Balaban J connectivity index is 1.62. The highest BCUT2D eigenvalue weighted by molar-refractivity contribution is 5.89. The Kier molecular flexibility index (Phi) is 2.64. The summed E-state index contributed by atoms with van der Waals surface area (Å²) in [6.45, 7) is 2.10. The van der Waals surface area contributed by atoms with Gasteiger partial charge in [-0.15, -0.1) is 5.10 Å². The van der Waals surface area contributed by atoms with Crippen molar-refractivity contribution in [1.29, 1.82) is 0 Å². The average molecular weight is 276 g/mol. The van der Waals surface area contributed by atoms with E-state index in [1.165, 1.54) is 16.7 Å². The Morgan fingerprint density at radius 3 is 2.67 bits per heavy atom. The van der Waals surface area contributed by atoms with Crippen molar-refractivity contribution in [1.82, 2.24) is 20.3 Å².